The fourth-order valence-electron chi connectivity index (χ4n) is 3.06. The van der Waals surface area contributed by atoms with Gasteiger partial charge < -0.3 is 9.84 Å². The van der Waals surface area contributed by atoms with Crippen LogP contribution >= 0.6 is 0 Å². The molecule has 1 unspecified atom stereocenters. The van der Waals surface area contributed by atoms with E-state index in [0.29, 0.717) is 12.2 Å². The molecule has 3 heteroatoms. The lowest BCUT2D eigenvalue weighted by molar-refractivity contribution is -0.138. The van der Waals surface area contributed by atoms with E-state index in [4.69, 9.17) is 4.74 Å². The van der Waals surface area contributed by atoms with E-state index >= 15 is 0 Å². The largest absolute Gasteiger partial charge is 0.463 e. The normalized spacial score (nSPS) is 16.5. The first kappa shape index (κ1) is 14.5. The van der Waals surface area contributed by atoms with Crippen LogP contribution < -0.4 is 0 Å². The van der Waals surface area contributed by atoms with Crippen LogP contribution in [0.5, 0.6) is 0 Å². The molecule has 2 aromatic rings. The highest BCUT2D eigenvalue weighted by Gasteiger charge is 2.35. The lowest BCUT2D eigenvalue weighted by Crippen LogP contribution is -2.15. The Balaban J connectivity index is 2.24. The van der Waals surface area contributed by atoms with Gasteiger partial charge in [0.2, 0.25) is 0 Å². The van der Waals surface area contributed by atoms with E-state index in [9.17, 15) is 9.90 Å². The summed E-state index contributed by atoms with van der Waals surface area (Å²) in [7, 11) is 0. The summed E-state index contributed by atoms with van der Waals surface area (Å²) >= 11 is 0. The average Bonchev–Trinajstić information content (AvgIpc) is 2.90. The van der Waals surface area contributed by atoms with E-state index < -0.39 is 0 Å². The zero-order valence-electron chi connectivity index (χ0n) is 12.5. The number of rotatable bonds is 4. The van der Waals surface area contributed by atoms with Crippen LogP contribution in [0.2, 0.25) is 0 Å². The lowest BCUT2D eigenvalue weighted by atomic mass is 9.96. The highest BCUT2D eigenvalue weighted by atomic mass is 16.5. The minimum absolute atomic E-state index is 0.110. The van der Waals surface area contributed by atoms with Crippen LogP contribution in [0, 0.1) is 0 Å². The van der Waals surface area contributed by atoms with E-state index in [-0.39, 0.29) is 18.5 Å². The van der Waals surface area contributed by atoms with Crippen molar-refractivity contribution in [1.82, 2.24) is 0 Å². The number of carbonyl (C=O) groups is 1. The summed E-state index contributed by atoms with van der Waals surface area (Å²) in [5.74, 6) is -0.679. The van der Waals surface area contributed by atoms with Crippen LogP contribution in [0.25, 0.3) is 5.57 Å². The van der Waals surface area contributed by atoms with Crippen LogP contribution in [0.3, 0.4) is 0 Å². The minimum atomic E-state index is -0.350. The molecule has 0 saturated heterocycles. The molecule has 0 spiro atoms. The van der Waals surface area contributed by atoms with Crippen LogP contribution in [0.15, 0.2) is 60.2 Å². The molecule has 1 aliphatic rings. The first-order valence-electron chi connectivity index (χ1n) is 7.44. The molecule has 3 nitrogen and oxygen atoms in total. The molecule has 0 aromatic heterocycles. The lowest BCUT2D eigenvalue weighted by Gasteiger charge is -2.13. The summed E-state index contributed by atoms with van der Waals surface area (Å²) in [6.07, 6.45) is 0. The number of benzene rings is 2. The van der Waals surface area contributed by atoms with Gasteiger partial charge in [0.25, 0.3) is 0 Å². The van der Waals surface area contributed by atoms with Crippen LogP contribution in [0.1, 0.15) is 29.5 Å². The third-order valence-electron chi connectivity index (χ3n) is 3.96. The van der Waals surface area contributed by atoms with Crippen molar-refractivity contribution >= 4 is 11.5 Å². The van der Waals surface area contributed by atoms with Gasteiger partial charge in [-0.2, -0.15) is 0 Å². The third-order valence-corrected chi connectivity index (χ3v) is 3.96. The van der Waals surface area contributed by atoms with Gasteiger partial charge in [-0.05, 0) is 23.6 Å². The zero-order chi connectivity index (χ0) is 15.5. The van der Waals surface area contributed by atoms with Crippen molar-refractivity contribution in [2.45, 2.75) is 12.8 Å². The van der Waals surface area contributed by atoms with Crippen molar-refractivity contribution in [2.75, 3.05) is 13.2 Å². The number of ether oxygens (including phenoxy) is 1. The maximum absolute atomic E-state index is 12.5. The molecule has 0 aliphatic heterocycles. The predicted molar refractivity (Wildman–Crippen MR) is 85.4 cm³/mol. The van der Waals surface area contributed by atoms with Crippen LogP contribution in [-0.4, -0.2) is 24.3 Å². The summed E-state index contributed by atoms with van der Waals surface area (Å²) < 4.78 is 5.23. The van der Waals surface area contributed by atoms with E-state index in [0.717, 1.165) is 22.3 Å². The summed E-state index contributed by atoms with van der Waals surface area (Å²) in [5, 5.41) is 9.82. The molecular formula is C19H18O3. The number of carbonyl (C=O) groups excluding carboxylic acids is 1. The van der Waals surface area contributed by atoms with Gasteiger partial charge in [-0.3, -0.25) is 0 Å². The van der Waals surface area contributed by atoms with Gasteiger partial charge in [0.05, 0.1) is 18.8 Å². The van der Waals surface area contributed by atoms with E-state index in [2.05, 4.69) is 0 Å². The molecule has 0 amide bonds. The molecule has 0 radical (unpaired) electrons. The summed E-state index contributed by atoms with van der Waals surface area (Å²) in [4.78, 5) is 12.5. The topological polar surface area (TPSA) is 46.5 Å². The van der Waals surface area contributed by atoms with Gasteiger partial charge >= 0.3 is 5.97 Å². The number of hydrogen-bond donors (Lipinski definition) is 1. The molecule has 0 bridgehead atoms. The van der Waals surface area contributed by atoms with Crippen molar-refractivity contribution in [2.24, 2.45) is 0 Å². The highest BCUT2D eigenvalue weighted by molar-refractivity contribution is 6.06. The Morgan fingerprint density at radius 3 is 2.45 bits per heavy atom. The van der Waals surface area contributed by atoms with Crippen LogP contribution in [0.4, 0.5) is 0 Å². The molecule has 0 saturated carbocycles. The van der Waals surface area contributed by atoms with E-state index in [1.54, 1.807) is 6.92 Å². The monoisotopic (exact) mass is 294 g/mol. The molecule has 1 N–H and O–H groups in total. The fourth-order valence-corrected chi connectivity index (χ4v) is 3.06. The van der Waals surface area contributed by atoms with Crippen molar-refractivity contribution in [3.05, 3.63) is 76.9 Å². The van der Waals surface area contributed by atoms with Crippen molar-refractivity contribution in [1.29, 1.82) is 0 Å². The molecule has 1 atom stereocenters. The number of fused-ring (bicyclic) bond motifs is 1. The minimum Gasteiger partial charge on any atom is -0.463 e. The number of aliphatic hydroxyl groups excluding tert-OH is 1. The molecule has 1 aliphatic carbocycles. The molecule has 0 heterocycles. The van der Waals surface area contributed by atoms with Gasteiger partial charge in [-0.25, -0.2) is 4.79 Å². The second kappa shape index (κ2) is 6.16. The Bertz CT molecular complexity index is 716. The van der Waals surface area contributed by atoms with Gasteiger partial charge in [0.1, 0.15) is 0 Å². The molecular weight excluding hydrogens is 276 g/mol. The Kier molecular flexibility index (Phi) is 4.07. The predicted octanol–water partition coefficient (Wildman–Crippen LogP) is 3.14. The Hall–Kier alpha value is -2.39. The number of esters is 1. The molecule has 22 heavy (non-hydrogen) atoms. The summed E-state index contributed by atoms with van der Waals surface area (Å²) in [6, 6.07) is 17.6. The second-order valence-corrected chi connectivity index (χ2v) is 5.20. The first-order valence-corrected chi connectivity index (χ1v) is 7.44. The Morgan fingerprint density at radius 1 is 1.09 bits per heavy atom. The summed E-state index contributed by atoms with van der Waals surface area (Å²) in [5.41, 5.74) is 4.36. The first-order chi connectivity index (χ1) is 10.8. The van der Waals surface area contributed by atoms with Gasteiger partial charge in [0, 0.05) is 11.5 Å². The standard InChI is InChI=1S/C19H18O3/c1-2-22-19(21)18-16(12-20)14-10-6-7-11-15(14)17(18)13-8-4-3-5-9-13/h3-11,16,20H,2,12H2,1H3. The Morgan fingerprint density at radius 2 is 1.77 bits per heavy atom. The molecule has 112 valence electrons. The van der Waals surface area contributed by atoms with E-state index in [1.165, 1.54) is 0 Å². The van der Waals surface area contributed by atoms with Crippen molar-refractivity contribution in [3.63, 3.8) is 0 Å². The van der Waals surface area contributed by atoms with Gasteiger partial charge in [0.15, 0.2) is 0 Å². The maximum atomic E-state index is 12.5. The molecule has 0 fully saturated rings. The number of hydrogen-bond acceptors (Lipinski definition) is 3. The smallest absolute Gasteiger partial charge is 0.335 e. The zero-order valence-corrected chi connectivity index (χ0v) is 12.5. The average molecular weight is 294 g/mol. The molecule has 3 rings (SSSR count). The highest BCUT2D eigenvalue weighted by Crippen LogP contribution is 2.45. The van der Waals surface area contributed by atoms with E-state index in [1.807, 2.05) is 54.6 Å². The molecule has 2 aromatic carbocycles. The quantitative estimate of drug-likeness (QED) is 0.881. The summed E-state index contributed by atoms with van der Waals surface area (Å²) in [6.45, 7) is 2.00. The van der Waals surface area contributed by atoms with Crippen molar-refractivity contribution in [3.8, 4) is 0 Å². The fraction of sp³-hybridized carbons (Fsp3) is 0.211. The number of aliphatic hydroxyl groups is 1. The SMILES string of the molecule is CCOC(=O)C1=C(c2ccccc2)c2ccccc2C1CO. The maximum Gasteiger partial charge on any atom is 0.335 e. The van der Waals surface area contributed by atoms with Gasteiger partial charge in [-0.1, -0.05) is 54.6 Å². The second-order valence-electron chi connectivity index (χ2n) is 5.20. The third kappa shape index (κ3) is 2.34. The Labute approximate surface area is 129 Å². The van der Waals surface area contributed by atoms with Gasteiger partial charge in [-0.15, -0.1) is 0 Å². The van der Waals surface area contributed by atoms with Crippen LogP contribution in [-0.2, 0) is 9.53 Å². The van der Waals surface area contributed by atoms with Crippen molar-refractivity contribution < 1.29 is 14.6 Å².